The first-order valence-corrected chi connectivity index (χ1v) is 7.18. The molecule has 1 aromatic carbocycles. The van der Waals surface area contributed by atoms with E-state index in [9.17, 15) is 4.79 Å². The molecule has 0 N–H and O–H groups in total. The van der Waals surface area contributed by atoms with Crippen LogP contribution in [0.2, 0.25) is 0 Å². The summed E-state index contributed by atoms with van der Waals surface area (Å²) < 4.78 is 5.73. The zero-order valence-electron chi connectivity index (χ0n) is 11.7. The number of esters is 1. The predicted octanol–water partition coefficient (Wildman–Crippen LogP) is 3.17. The van der Waals surface area contributed by atoms with Gasteiger partial charge >= 0.3 is 5.97 Å². The van der Waals surface area contributed by atoms with Gasteiger partial charge in [-0.05, 0) is 32.9 Å². The summed E-state index contributed by atoms with van der Waals surface area (Å²) in [6.07, 6.45) is 0. The second-order valence-electron chi connectivity index (χ2n) is 4.17. The maximum atomic E-state index is 12.1. The monoisotopic (exact) mass is 288 g/mol. The number of carbonyl (C=O) groups excluding carboxylic acids is 1. The van der Waals surface area contributed by atoms with Crippen molar-refractivity contribution in [3.8, 4) is 0 Å². The summed E-state index contributed by atoms with van der Waals surface area (Å²) in [6, 6.07) is 9.54. The maximum absolute atomic E-state index is 12.1. The van der Waals surface area contributed by atoms with Gasteiger partial charge in [-0.3, -0.25) is 0 Å². The molecule has 0 spiro atoms. The van der Waals surface area contributed by atoms with Crippen molar-refractivity contribution < 1.29 is 9.53 Å². The Kier molecular flexibility index (Phi) is 4.63. The van der Waals surface area contributed by atoms with E-state index in [1.165, 1.54) is 11.3 Å². The van der Waals surface area contributed by atoms with Crippen LogP contribution in [0.1, 0.15) is 28.0 Å². The zero-order chi connectivity index (χ0) is 14.5. The average Bonchev–Trinajstić information content (AvgIpc) is 2.39. The van der Waals surface area contributed by atoms with Gasteiger partial charge in [0.15, 0.2) is 0 Å². The van der Waals surface area contributed by atoms with Crippen LogP contribution in [0.25, 0.3) is 0 Å². The fourth-order valence-electron chi connectivity index (χ4n) is 1.80. The normalized spacial score (nSPS) is 11.4. The summed E-state index contributed by atoms with van der Waals surface area (Å²) >= 11 is 1.39. The highest BCUT2D eigenvalue weighted by atomic mass is 32.1. The van der Waals surface area contributed by atoms with Crippen LogP contribution in [0.5, 0.6) is 0 Å². The van der Waals surface area contributed by atoms with Crippen LogP contribution < -0.4 is 4.67 Å². The number of carbonyl (C=O) groups is 1. The molecule has 1 heterocycles. The highest BCUT2D eigenvalue weighted by molar-refractivity contribution is 7.09. The second kappa shape index (κ2) is 6.43. The van der Waals surface area contributed by atoms with Crippen LogP contribution in [0.3, 0.4) is 0 Å². The van der Waals surface area contributed by atoms with Crippen LogP contribution in [0, 0.1) is 13.8 Å². The van der Waals surface area contributed by atoms with E-state index in [0.717, 1.165) is 10.7 Å². The molecule has 0 bridgehead atoms. The smallest absolute Gasteiger partial charge is 0.343 e. The minimum Gasteiger partial charge on any atom is -0.462 e. The SMILES string of the molecule is CCOC(=O)c1c(C)nc(C)sc1=Nc1ccccc1. The summed E-state index contributed by atoms with van der Waals surface area (Å²) in [4.78, 5) is 21.0. The molecule has 4 nitrogen and oxygen atoms in total. The molecule has 0 saturated heterocycles. The van der Waals surface area contributed by atoms with Gasteiger partial charge in [0.2, 0.25) is 0 Å². The maximum Gasteiger partial charge on any atom is 0.343 e. The summed E-state index contributed by atoms with van der Waals surface area (Å²) in [5.41, 5.74) is 1.90. The van der Waals surface area contributed by atoms with Gasteiger partial charge in [-0.15, -0.1) is 11.3 Å². The number of nitrogens with zero attached hydrogens (tertiary/aromatic N) is 2. The number of rotatable bonds is 3. The summed E-state index contributed by atoms with van der Waals surface area (Å²) in [7, 11) is 0. The Morgan fingerprint density at radius 2 is 2.00 bits per heavy atom. The van der Waals surface area contributed by atoms with E-state index in [-0.39, 0.29) is 5.97 Å². The molecule has 20 heavy (non-hydrogen) atoms. The van der Waals surface area contributed by atoms with Crippen molar-refractivity contribution in [3.63, 3.8) is 0 Å². The third-order valence-electron chi connectivity index (χ3n) is 2.61. The van der Waals surface area contributed by atoms with Crippen molar-refractivity contribution in [1.82, 2.24) is 4.98 Å². The van der Waals surface area contributed by atoms with E-state index in [0.29, 0.717) is 22.5 Å². The van der Waals surface area contributed by atoms with Crippen molar-refractivity contribution in [3.05, 3.63) is 51.3 Å². The number of hydrogen-bond donors (Lipinski definition) is 0. The van der Waals surface area contributed by atoms with E-state index in [1.54, 1.807) is 13.8 Å². The van der Waals surface area contributed by atoms with Gasteiger partial charge in [0.05, 0.1) is 23.0 Å². The molecule has 5 heteroatoms. The number of aromatic nitrogens is 1. The Balaban J connectivity index is 2.62. The largest absolute Gasteiger partial charge is 0.462 e. The van der Waals surface area contributed by atoms with Crippen LogP contribution in [0.15, 0.2) is 35.3 Å². The molecule has 0 aliphatic carbocycles. The predicted molar refractivity (Wildman–Crippen MR) is 79.2 cm³/mol. The van der Waals surface area contributed by atoms with E-state index < -0.39 is 0 Å². The number of para-hydroxylation sites is 1. The minimum atomic E-state index is -0.372. The summed E-state index contributed by atoms with van der Waals surface area (Å²) in [5.74, 6) is -0.372. The number of benzene rings is 1. The topological polar surface area (TPSA) is 51.5 Å². The Morgan fingerprint density at radius 1 is 1.30 bits per heavy atom. The van der Waals surface area contributed by atoms with Crippen LogP contribution in [0.4, 0.5) is 5.69 Å². The fourth-order valence-corrected chi connectivity index (χ4v) is 2.74. The Morgan fingerprint density at radius 3 is 2.65 bits per heavy atom. The quantitative estimate of drug-likeness (QED) is 0.815. The number of ether oxygens (including phenoxy) is 1. The van der Waals surface area contributed by atoms with Crippen LogP contribution in [-0.2, 0) is 4.74 Å². The van der Waals surface area contributed by atoms with Crippen LogP contribution in [-0.4, -0.2) is 17.6 Å². The summed E-state index contributed by atoms with van der Waals surface area (Å²) in [6.45, 7) is 5.82. The third-order valence-corrected chi connectivity index (χ3v) is 3.49. The van der Waals surface area contributed by atoms with Crippen molar-refractivity contribution in [2.75, 3.05) is 6.61 Å². The highest BCUT2D eigenvalue weighted by Crippen LogP contribution is 2.12. The number of hydrogen-bond acceptors (Lipinski definition) is 5. The first-order chi connectivity index (χ1) is 9.61. The van der Waals surface area contributed by atoms with E-state index in [2.05, 4.69) is 9.98 Å². The molecule has 0 atom stereocenters. The molecule has 2 rings (SSSR count). The minimum absolute atomic E-state index is 0.335. The lowest BCUT2D eigenvalue weighted by atomic mass is 10.2. The number of aryl methyl sites for hydroxylation is 2. The second-order valence-corrected chi connectivity index (χ2v) is 5.35. The van der Waals surface area contributed by atoms with Crippen molar-refractivity contribution in [1.29, 1.82) is 0 Å². The van der Waals surface area contributed by atoms with Gasteiger partial charge in [-0.1, -0.05) is 18.2 Å². The molecule has 0 aliphatic rings. The van der Waals surface area contributed by atoms with Gasteiger partial charge < -0.3 is 4.74 Å². The first-order valence-electron chi connectivity index (χ1n) is 6.37. The van der Waals surface area contributed by atoms with E-state index in [1.807, 2.05) is 37.3 Å². The van der Waals surface area contributed by atoms with Crippen molar-refractivity contribution in [2.45, 2.75) is 20.8 Å². The molecule has 0 aliphatic heterocycles. The molecule has 0 radical (unpaired) electrons. The molecule has 0 unspecified atom stereocenters. The molecular formula is C15H16N2O2S. The third kappa shape index (κ3) is 3.30. The van der Waals surface area contributed by atoms with Crippen molar-refractivity contribution >= 4 is 23.0 Å². The highest BCUT2D eigenvalue weighted by Gasteiger charge is 2.15. The van der Waals surface area contributed by atoms with E-state index >= 15 is 0 Å². The lowest BCUT2D eigenvalue weighted by molar-refractivity contribution is 0.0523. The standard InChI is InChI=1S/C15H16N2O2S/c1-4-19-15(18)13-10(2)16-11(3)20-14(13)17-12-8-6-5-7-9-12/h5-9H,4H2,1-3H3. The first kappa shape index (κ1) is 14.4. The Labute approximate surface area is 121 Å². The lowest BCUT2D eigenvalue weighted by Crippen LogP contribution is -2.19. The molecule has 0 saturated carbocycles. The van der Waals surface area contributed by atoms with Crippen molar-refractivity contribution in [2.24, 2.45) is 4.99 Å². The van der Waals surface area contributed by atoms with Gasteiger partial charge in [-0.25, -0.2) is 14.8 Å². The summed E-state index contributed by atoms with van der Waals surface area (Å²) in [5, 5.41) is 0.866. The van der Waals surface area contributed by atoms with Gasteiger partial charge in [0.1, 0.15) is 10.2 Å². The lowest BCUT2D eigenvalue weighted by Gasteiger charge is -2.06. The van der Waals surface area contributed by atoms with Crippen LogP contribution >= 0.6 is 11.3 Å². The molecular weight excluding hydrogens is 272 g/mol. The molecule has 1 aromatic heterocycles. The van der Waals surface area contributed by atoms with Gasteiger partial charge in [0.25, 0.3) is 0 Å². The Bertz CT molecular complexity index is 678. The van der Waals surface area contributed by atoms with E-state index in [4.69, 9.17) is 4.74 Å². The van der Waals surface area contributed by atoms with Gasteiger partial charge in [-0.2, -0.15) is 0 Å². The molecule has 2 aromatic rings. The Hall–Kier alpha value is -2.01. The van der Waals surface area contributed by atoms with Gasteiger partial charge in [0, 0.05) is 0 Å². The average molecular weight is 288 g/mol. The molecule has 0 fully saturated rings. The zero-order valence-corrected chi connectivity index (χ0v) is 12.5. The molecule has 0 amide bonds. The fraction of sp³-hybridized carbons (Fsp3) is 0.267. The molecule has 104 valence electrons.